The molecule has 0 amide bonds. The maximum absolute atomic E-state index is 12.3. The van der Waals surface area contributed by atoms with Crippen LogP contribution in [0.1, 0.15) is 26.3 Å². The fraction of sp³-hybridized carbons (Fsp3) is 0.133. The maximum Gasteiger partial charge on any atom is 0.175 e. The first-order valence-corrected chi connectivity index (χ1v) is 6.31. The van der Waals surface area contributed by atoms with Gasteiger partial charge < -0.3 is 0 Å². The van der Waals surface area contributed by atoms with Crippen LogP contribution in [0.15, 0.2) is 42.7 Å². The number of Topliss-reactive ketones (excluding diaryl/α,β-unsaturated/α-hetero) is 2. The molecular weight excluding hydrogens is 262 g/mol. The van der Waals surface area contributed by atoms with Gasteiger partial charge >= 0.3 is 0 Å². The van der Waals surface area contributed by atoms with Crippen LogP contribution in [-0.2, 0) is 6.42 Å². The van der Waals surface area contributed by atoms with Crippen molar-refractivity contribution in [2.45, 2.75) is 6.42 Å². The SMILES string of the molecule is O=C(c1cccnc1)C1Cc2cc(Cl)ccc2C1=O. The molecule has 1 aliphatic rings. The highest BCUT2D eigenvalue weighted by Gasteiger charge is 2.36. The van der Waals surface area contributed by atoms with Crippen molar-refractivity contribution in [3.63, 3.8) is 0 Å². The molecule has 0 radical (unpaired) electrons. The molecule has 94 valence electrons. The number of halogens is 1. The predicted molar refractivity (Wildman–Crippen MR) is 71.5 cm³/mol. The van der Waals surface area contributed by atoms with Gasteiger partial charge in [-0.1, -0.05) is 11.6 Å². The van der Waals surface area contributed by atoms with Gasteiger partial charge in [-0.25, -0.2) is 0 Å². The van der Waals surface area contributed by atoms with Crippen LogP contribution in [0.25, 0.3) is 0 Å². The second-order valence-electron chi connectivity index (χ2n) is 4.53. The highest BCUT2D eigenvalue weighted by molar-refractivity contribution is 6.31. The van der Waals surface area contributed by atoms with Crippen LogP contribution < -0.4 is 0 Å². The van der Waals surface area contributed by atoms with Crippen molar-refractivity contribution in [2.24, 2.45) is 5.92 Å². The molecule has 1 aromatic heterocycles. The molecule has 0 N–H and O–H groups in total. The summed E-state index contributed by atoms with van der Waals surface area (Å²) in [7, 11) is 0. The van der Waals surface area contributed by atoms with Crippen molar-refractivity contribution >= 4 is 23.2 Å². The summed E-state index contributed by atoms with van der Waals surface area (Å²) in [5.41, 5.74) is 1.92. The molecule has 19 heavy (non-hydrogen) atoms. The highest BCUT2D eigenvalue weighted by Crippen LogP contribution is 2.30. The molecule has 3 rings (SSSR count). The number of hydrogen-bond donors (Lipinski definition) is 0. The molecule has 1 heterocycles. The van der Waals surface area contributed by atoms with Gasteiger partial charge in [0.05, 0.1) is 5.92 Å². The summed E-state index contributed by atoms with van der Waals surface area (Å²) in [6, 6.07) is 8.49. The Bertz CT molecular complexity index is 667. The standard InChI is InChI=1S/C15H10ClNO2/c16-11-3-4-12-10(6-11)7-13(15(12)19)14(18)9-2-1-5-17-8-9/h1-6,8,13H,7H2. The van der Waals surface area contributed by atoms with Gasteiger partial charge in [-0.3, -0.25) is 14.6 Å². The largest absolute Gasteiger partial charge is 0.293 e. The van der Waals surface area contributed by atoms with Gasteiger partial charge in [0.2, 0.25) is 0 Å². The van der Waals surface area contributed by atoms with E-state index in [9.17, 15) is 9.59 Å². The molecular formula is C15H10ClNO2. The zero-order valence-corrected chi connectivity index (χ0v) is 10.7. The average molecular weight is 272 g/mol. The number of carbonyl (C=O) groups is 2. The molecule has 0 spiro atoms. The van der Waals surface area contributed by atoms with Crippen LogP contribution in [0.3, 0.4) is 0 Å². The molecule has 0 aliphatic heterocycles. The smallest absolute Gasteiger partial charge is 0.175 e. The number of fused-ring (bicyclic) bond motifs is 1. The molecule has 1 unspecified atom stereocenters. The van der Waals surface area contributed by atoms with Crippen LogP contribution in [0, 0.1) is 5.92 Å². The Morgan fingerprint density at radius 3 is 2.89 bits per heavy atom. The minimum atomic E-state index is -0.641. The first-order valence-electron chi connectivity index (χ1n) is 5.93. The van der Waals surface area contributed by atoms with Crippen molar-refractivity contribution in [3.05, 3.63) is 64.4 Å². The van der Waals surface area contributed by atoms with E-state index in [1.165, 1.54) is 6.20 Å². The summed E-state index contributed by atoms with van der Waals surface area (Å²) in [6.07, 6.45) is 3.51. The summed E-state index contributed by atoms with van der Waals surface area (Å²) in [5, 5.41) is 0.584. The van der Waals surface area contributed by atoms with Gasteiger partial charge in [0, 0.05) is 28.5 Å². The first kappa shape index (κ1) is 12.1. The van der Waals surface area contributed by atoms with E-state index in [1.54, 1.807) is 36.5 Å². The number of hydrogen-bond acceptors (Lipinski definition) is 3. The minimum Gasteiger partial charge on any atom is -0.293 e. The summed E-state index contributed by atoms with van der Waals surface area (Å²) in [6.45, 7) is 0. The number of carbonyl (C=O) groups excluding carboxylic acids is 2. The summed E-state index contributed by atoms with van der Waals surface area (Å²) < 4.78 is 0. The van der Waals surface area contributed by atoms with Crippen molar-refractivity contribution in [2.75, 3.05) is 0 Å². The van der Waals surface area contributed by atoms with E-state index in [-0.39, 0.29) is 11.6 Å². The van der Waals surface area contributed by atoms with Gasteiger partial charge in [0.25, 0.3) is 0 Å². The third-order valence-electron chi connectivity index (χ3n) is 3.34. The monoisotopic (exact) mass is 271 g/mol. The number of ketones is 2. The van der Waals surface area contributed by atoms with Gasteiger partial charge in [-0.15, -0.1) is 0 Å². The first-order chi connectivity index (χ1) is 9.16. The van der Waals surface area contributed by atoms with E-state index in [4.69, 9.17) is 11.6 Å². The summed E-state index contributed by atoms with van der Waals surface area (Å²) in [5.74, 6) is -0.941. The summed E-state index contributed by atoms with van der Waals surface area (Å²) in [4.78, 5) is 28.5. The van der Waals surface area contributed by atoms with Crippen LogP contribution in [0.2, 0.25) is 5.02 Å². The number of aromatic nitrogens is 1. The van der Waals surface area contributed by atoms with Gasteiger partial charge in [0.15, 0.2) is 11.6 Å². The Morgan fingerprint density at radius 2 is 2.16 bits per heavy atom. The normalized spacial score (nSPS) is 17.3. The van der Waals surface area contributed by atoms with Crippen LogP contribution >= 0.6 is 11.6 Å². The lowest BCUT2D eigenvalue weighted by Crippen LogP contribution is -2.20. The Balaban J connectivity index is 1.94. The van der Waals surface area contributed by atoms with Crippen LogP contribution in [0.5, 0.6) is 0 Å². The van der Waals surface area contributed by atoms with Crippen LogP contribution in [-0.4, -0.2) is 16.6 Å². The Labute approximate surface area is 115 Å². The second kappa shape index (κ2) is 4.59. The van der Waals surface area contributed by atoms with E-state index in [0.717, 1.165) is 5.56 Å². The van der Waals surface area contributed by atoms with Crippen molar-refractivity contribution in [1.29, 1.82) is 0 Å². The Kier molecular flexibility index (Phi) is 2.91. The molecule has 0 saturated heterocycles. The molecule has 2 aromatic rings. The molecule has 1 atom stereocenters. The Morgan fingerprint density at radius 1 is 1.32 bits per heavy atom. The maximum atomic E-state index is 12.3. The van der Waals surface area contributed by atoms with E-state index >= 15 is 0 Å². The molecule has 0 saturated carbocycles. The molecule has 1 aromatic carbocycles. The Hall–Kier alpha value is -2.00. The molecule has 0 bridgehead atoms. The van der Waals surface area contributed by atoms with Crippen molar-refractivity contribution in [3.8, 4) is 0 Å². The van der Waals surface area contributed by atoms with E-state index in [1.807, 2.05) is 0 Å². The fourth-order valence-corrected chi connectivity index (χ4v) is 2.59. The average Bonchev–Trinajstić information content (AvgIpc) is 2.75. The third kappa shape index (κ3) is 2.06. The quantitative estimate of drug-likeness (QED) is 0.623. The highest BCUT2D eigenvalue weighted by atomic mass is 35.5. The number of pyridine rings is 1. The van der Waals surface area contributed by atoms with E-state index < -0.39 is 5.92 Å². The lowest BCUT2D eigenvalue weighted by atomic mass is 9.95. The predicted octanol–water partition coefficient (Wildman–Crippen LogP) is 2.97. The third-order valence-corrected chi connectivity index (χ3v) is 3.57. The molecule has 0 fully saturated rings. The van der Waals surface area contributed by atoms with Gasteiger partial charge in [0.1, 0.15) is 0 Å². The second-order valence-corrected chi connectivity index (χ2v) is 4.96. The molecule has 3 nitrogen and oxygen atoms in total. The zero-order valence-electron chi connectivity index (χ0n) is 9.97. The summed E-state index contributed by atoms with van der Waals surface area (Å²) >= 11 is 5.91. The van der Waals surface area contributed by atoms with E-state index in [0.29, 0.717) is 22.6 Å². The molecule has 4 heteroatoms. The van der Waals surface area contributed by atoms with Crippen molar-refractivity contribution < 1.29 is 9.59 Å². The zero-order chi connectivity index (χ0) is 13.4. The van der Waals surface area contributed by atoms with Crippen LogP contribution in [0.4, 0.5) is 0 Å². The molecule has 1 aliphatic carbocycles. The van der Waals surface area contributed by atoms with Crippen molar-refractivity contribution in [1.82, 2.24) is 4.98 Å². The minimum absolute atomic E-state index is 0.125. The number of nitrogens with zero attached hydrogens (tertiary/aromatic N) is 1. The number of rotatable bonds is 2. The fourth-order valence-electron chi connectivity index (χ4n) is 2.39. The van der Waals surface area contributed by atoms with E-state index in [2.05, 4.69) is 4.98 Å². The lowest BCUT2D eigenvalue weighted by Gasteiger charge is -2.05. The lowest BCUT2D eigenvalue weighted by molar-refractivity contribution is 0.0822. The van der Waals surface area contributed by atoms with Gasteiger partial charge in [-0.2, -0.15) is 0 Å². The topological polar surface area (TPSA) is 47.0 Å². The van der Waals surface area contributed by atoms with Gasteiger partial charge in [-0.05, 0) is 42.3 Å². The number of benzene rings is 1.